The molecule has 2 unspecified atom stereocenters. The first-order chi connectivity index (χ1) is 8.36. The average Bonchev–Trinajstić information content (AvgIpc) is 2.61. The number of hydrogen-bond donors (Lipinski definition) is 0. The van der Waals surface area contributed by atoms with Crippen molar-refractivity contribution in [1.82, 2.24) is 0 Å². The quantitative estimate of drug-likeness (QED) is 0.523. The Morgan fingerprint density at radius 1 is 1.61 bits per heavy atom. The number of allylic oxidation sites excluding steroid dienone is 3. The summed E-state index contributed by atoms with van der Waals surface area (Å²) in [6.07, 6.45) is 7.42. The molecule has 2 heteroatoms. The van der Waals surface area contributed by atoms with Crippen molar-refractivity contribution in [1.29, 1.82) is 0 Å². The fraction of sp³-hybridized carbons (Fsp3) is 0.562. The molecular formula is C16H24O2. The van der Waals surface area contributed by atoms with Gasteiger partial charge < -0.3 is 4.74 Å². The van der Waals surface area contributed by atoms with Crippen molar-refractivity contribution in [3.05, 3.63) is 36.5 Å². The summed E-state index contributed by atoms with van der Waals surface area (Å²) in [5.74, 6) is 0.105. The Morgan fingerprint density at radius 3 is 2.78 bits per heavy atom. The third-order valence-corrected chi connectivity index (χ3v) is 3.55. The van der Waals surface area contributed by atoms with Gasteiger partial charge >= 0.3 is 5.97 Å². The molecule has 100 valence electrons. The highest BCUT2D eigenvalue weighted by molar-refractivity contribution is 5.66. The van der Waals surface area contributed by atoms with Gasteiger partial charge in [0.1, 0.15) is 6.61 Å². The lowest BCUT2D eigenvalue weighted by Crippen LogP contribution is -2.11. The van der Waals surface area contributed by atoms with E-state index in [0.717, 1.165) is 19.3 Å². The Morgan fingerprint density at radius 2 is 2.28 bits per heavy atom. The van der Waals surface area contributed by atoms with E-state index in [1.54, 1.807) is 0 Å². The molecule has 1 rings (SSSR count). The Kier molecular flexibility index (Phi) is 4.94. The molecule has 0 saturated carbocycles. The molecule has 0 spiro atoms. The molecule has 2 atom stereocenters. The number of esters is 1. The van der Waals surface area contributed by atoms with Crippen molar-refractivity contribution in [3.8, 4) is 0 Å². The van der Waals surface area contributed by atoms with Crippen LogP contribution < -0.4 is 0 Å². The predicted octanol–water partition coefficient (Wildman–Crippen LogP) is 4.04. The number of ether oxygens (including phenoxy) is 1. The molecule has 0 aromatic heterocycles. The van der Waals surface area contributed by atoms with Crippen LogP contribution in [0.2, 0.25) is 0 Å². The van der Waals surface area contributed by atoms with E-state index in [1.807, 2.05) is 6.08 Å². The standard InChI is InChI=1S/C16H24O2/c1-6-14-9-16(5,8-7-12(2)3)10-15(14)11-18-13(4)17/h6,10,14H,1-2,7-9,11H2,3-5H3. The van der Waals surface area contributed by atoms with Crippen LogP contribution in [0, 0.1) is 11.3 Å². The summed E-state index contributed by atoms with van der Waals surface area (Å²) in [5.41, 5.74) is 2.57. The van der Waals surface area contributed by atoms with Crippen molar-refractivity contribution < 1.29 is 9.53 Å². The summed E-state index contributed by atoms with van der Waals surface area (Å²) in [7, 11) is 0. The van der Waals surface area contributed by atoms with Gasteiger partial charge in [-0.3, -0.25) is 4.79 Å². The van der Waals surface area contributed by atoms with Gasteiger partial charge in [-0.15, -0.1) is 13.2 Å². The zero-order valence-electron chi connectivity index (χ0n) is 11.8. The monoisotopic (exact) mass is 248 g/mol. The van der Waals surface area contributed by atoms with Crippen LogP contribution in [0.3, 0.4) is 0 Å². The summed E-state index contributed by atoms with van der Waals surface area (Å²) >= 11 is 0. The minimum absolute atomic E-state index is 0.174. The van der Waals surface area contributed by atoms with Crippen LogP contribution in [-0.4, -0.2) is 12.6 Å². The van der Waals surface area contributed by atoms with Gasteiger partial charge in [0.15, 0.2) is 0 Å². The molecule has 0 saturated heterocycles. The van der Waals surface area contributed by atoms with Gasteiger partial charge in [-0.2, -0.15) is 0 Å². The van der Waals surface area contributed by atoms with Crippen LogP contribution in [0.5, 0.6) is 0 Å². The highest BCUT2D eigenvalue weighted by Gasteiger charge is 2.33. The van der Waals surface area contributed by atoms with Gasteiger partial charge in [-0.1, -0.05) is 24.6 Å². The average molecular weight is 248 g/mol. The molecule has 0 N–H and O–H groups in total. The normalized spacial score (nSPS) is 26.6. The molecule has 1 aliphatic rings. The van der Waals surface area contributed by atoms with E-state index < -0.39 is 0 Å². The number of carbonyl (C=O) groups excluding carboxylic acids is 1. The first-order valence-electron chi connectivity index (χ1n) is 6.48. The summed E-state index contributed by atoms with van der Waals surface area (Å²) in [6.45, 7) is 14.0. The minimum atomic E-state index is -0.228. The molecule has 0 aromatic rings. The second-order valence-electron chi connectivity index (χ2n) is 5.66. The van der Waals surface area contributed by atoms with Crippen molar-refractivity contribution in [2.75, 3.05) is 6.61 Å². The SMILES string of the molecule is C=CC1CC(C)(CCC(=C)C)C=C1COC(C)=O. The fourth-order valence-corrected chi connectivity index (χ4v) is 2.49. The maximum Gasteiger partial charge on any atom is 0.302 e. The van der Waals surface area contributed by atoms with E-state index in [2.05, 4.69) is 33.1 Å². The highest BCUT2D eigenvalue weighted by atomic mass is 16.5. The van der Waals surface area contributed by atoms with E-state index in [9.17, 15) is 4.79 Å². The van der Waals surface area contributed by atoms with E-state index in [1.165, 1.54) is 18.1 Å². The number of rotatable bonds is 6. The molecule has 0 aromatic carbocycles. The fourth-order valence-electron chi connectivity index (χ4n) is 2.49. The van der Waals surface area contributed by atoms with Gasteiger partial charge in [-0.05, 0) is 37.2 Å². The minimum Gasteiger partial charge on any atom is -0.461 e. The Hall–Kier alpha value is -1.31. The molecule has 0 radical (unpaired) electrons. The smallest absolute Gasteiger partial charge is 0.302 e. The largest absolute Gasteiger partial charge is 0.461 e. The second kappa shape index (κ2) is 6.03. The van der Waals surface area contributed by atoms with Crippen molar-refractivity contribution in [3.63, 3.8) is 0 Å². The van der Waals surface area contributed by atoms with Crippen molar-refractivity contribution >= 4 is 5.97 Å². The zero-order valence-corrected chi connectivity index (χ0v) is 11.8. The Balaban J connectivity index is 2.70. The lowest BCUT2D eigenvalue weighted by atomic mass is 9.82. The molecule has 0 heterocycles. The first kappa shape index (κ1) is 14.7. The van der Waals surface area contributed by atoms with Gasteiger partial charge in [0.05, 0.1) is 0 Å². The van der Waals surface area contributed by atoms with Gasteiger partial charge in [0.25, 0.3) is 0 Å². The van der Waals surface area contributed by atoms with Crippen LogP contribution in [-0.2, 0) is 9.53 Å². The van der Waals surface area contributed by atoms with Crippen molar-refractivity contribution in [2.45, 2.75) is 40.0 Å². The van der Waals surface area contributed by atoms with E-state index in [4.69, 9.17) is 4.74 Å². The predicted molar refractivity (Wildman–Crippen MR) is 75.2 cm³/mol. The lowest BCUT2D eigenvalue weighted by Gasteiger charge is -2.22. The third kappa shape index (κ3) is 4.17. The Bertz CT molecular complexity index is 379. The maximum absolute atomic E-state index is 10.9. The molecule has 18 heavy (non-hydrogen) atoms. The first-order valence-corrected chi connectivity index (χ1v) is 6.48. The van der Waals surface area contributed by atoms with Crippen LogP contribution in [0.1, 0.15) is 40.0 Å². The van der Waals surface area contributed by atoms with Crippen LogP contribution in [0.15, 0.2) is 36.5 Å². The summed E-state index contributed by atoms with van der Waals surface area (Å²) in [6, 6.07) is 0. The summed E-state index contributed by atoms with van der Waals surface area (Å²) < 4.78 is 5.10. The third-order valence-electron chi connectivity index (χ3n) is 3.55. The van der Waals surface area contributed by atoms with Crippen LogP contribution in [0.25, 0.3) is 0 Å². The highest BCUT2D eigenvalue weighted by Crippen LogP contribution is 2.44. The van der Waals surface area contributed by atoms with Crippen molar-refractivity contribution in [2.24, 2.45) is 11.3 Å². The van der Waals surface area contributed by atoms with Gasteiger partial charge in [-0.25, -0.2) is 0 Å². The summed E-state index contributed by atoms with van der Waals surface area (Å²) in [5, 5.41) is 0. The maximum atomic E-state index is 10.9. The molecular weight excluding hydrogens is 224 g/mol. The molecule has 2 nitrogen and oxygen atoms in total. The molecule has 0 amide bonds. The van der Waals surface area contributed by atoms with Crippen LogP contribution >= 0.6 is 0 Å². The van der Waals surface area contributed by atoms with Gasteiger partial charge in [0.2, 0.25) is 0 Å². The van der Waals surface area contributed by atoms with E-state index in [-0.39, 0.29) is 11.4 Å². The number of hydrogen-bond acceptors (Lipinski definition) is 2. The molecule has 1 aliphatic carbocycles. The molecule has 0 fully saturated rings. The lowest BCUT2D eigenvalue weighted by molar-refractivity contribution is -0.140. The number of carbonyl (C=O) groups is 1. The topological polar surface area (TPSA) is 26.3 Å². The second-order valence-corrected chi connectivity index (χ2v) is 5.66. The summed E-state index contributed by atoms with van der Waals surface area (Å²) in [4.78, 5) is 10.9. The Labute approximate surface area is 110 Å². The molecule has 0 aliphatic heterocycles. The van der Waals surface area contributed by atoms with E-state index >= 15 is 0 Å². The van der Waals surface area contributed by atoms with E-state index in [0.29, 0.717) is 12.5 Å². The molecule has 0 bridgehead atoms. The van der Waals surface area contributed by atoms with Crippen LogP contribution in [0.4, 0.5) is 0 Å². The zero-order chi connectivity index (χ0) is 13.8. The van der Waals surface area contributed by atoms with Gasteiger partial charge in [0, 0.05) is 12.8 Å².